The van der Waals surface area contributed by atoms with E-state index in [1.165, 1.54) is 6.07 Å². The first-order valence-corrected chi connectivity index (χ1v) is 7.12. The Balaban J connectivity index is 1.49. The molecule has 1 aliphatic rings. The Morgan fingerprint density at radius 2 is 2.00 bits per heavy atom. The number of rotatable bonds is 4. The van der Waals surface area contributed by atoms with E-state index >= 15 is 0 Å². The van der Waals surface area contributed by atoms with Gasteiger partial charge in [0.2, 0.25) is 0 Å². The molecule has 3 rings (SSSR count). The summed E-state index contributed by atoms with van der Waals surface area (Å²) in [4.78, 5) is 4.48. The fourth-order valence-corrected chi connectivity index (χ4v) is 2.76. The lowest BCUT2D eigenvalue weighted by atomic mass is 9.76. The minimum Gasteiger partial charge on any atom is -0.308 e. The quantitative estimate of drug-likeness (QED) is 0.918. The zero-order chi connectivity index (χ0) is 13.9. The number of hydrogen-bond acceptors (Lipinski definition) is 2. The highest BCUT2D eigenvalue weighted by Crippen LogP contribution is 2.37. The Labute approximate surface area is 119 Å². The summed E-state index contributed by atoms with van der Waals surface area (Å²) in [5.74, 6) is 0.358. The SMILES string of the molecule is Cc1cccc(CNC2CC(c3cccc(F)c3)C2)n1. The lowest BCUT2D eigenvalue weighted by Gasteiger charge is -2.36. The standard InChI is InChI=1S/C17H19FN2/c1-12-4-2-7-16(20-12)11-19-17-9-14(10-17)13-5-3-6-15(18)8-13/h2-8,14,17,19H,9-11H2,1H3. The van der Waals surface area contributed by atoms with Gasteiger partial charge in [0, 0.05) is 18.3 Å². The molecule has 1 N–H and O–H groups in total. The number of aromatic nitrogens is 1. The zero-order valence-corrected chi connectivity index (χ0v) is 11.6. The molecule has 0 atom stereocenters. The smallest absolute Gasteiger partial charge is 0.123 e. The highest BCUT2D eigenvalue weighted by molar-refractivity contribution is 5.24. The number of halogens is 1. The number of hydrogen-bond donors (Lipinski definition) is 1. The molecule has 1 aromatic carbocycles. The second-order valence-corrected chi connectivity index (χ2v) is 5.57. The average Bonchev–Trinajstić information content (AvgIpc) is 2.37. The van der Waals surface area contributed by atoms with Crippen molar-refractivity contribution >= 4 is 0 Å². The van der Waals surface area contributed by atoms with Crippen molar-refractivity contribution in [1.82, 2.24) is 10.3 Å². The van der Waals surface area contributed by atoms with Gasteiger partial charge in [0.15, 0.2) is 0 Å². The molecule has 0 amide bonds. The second-order valence-electron chi connectivity index (χ2n) is 5.57. The minimum atomic E-state index is -0.136. The average molecular weight is 270 g/mol. The van der Waals surface area contributed by atoms with Gasteiger partial charge in [-0.3, -0.25) is 4.98 Å². The topological polar surface area (TPSA) is 24.9 Å². The normalized spacial score (nSPS) is 21.5. The highest BCUT2D eigenvalue weighted by atomic mass is 19.1. The molecule has 2 aromatic rings. The summed E-state index contributed by atoms with van der Waals surface area (Å²) >= 11 is 0. The molecule has 20 heavy (non-hydrogen) atoms. The van der Waals surface area contributed by atoms with Crippen LogP contribution >= 0.6 is 0 Å². The summed E-state index contributed by atoms with van der Waals surface area (Å²) in [6.45, 7) is 2.81. The molecule has 0 unspecified atom stereocenters. The molecular formula is C17H19FN2. The number of nitrogens with one attached hydrogen (secondary N) is 1. The summed E-state index contributed by atoms with van der Waals surface area (Å²) in [6.07, 6.45) is 2.16. The Hall–Kier alpha value is -1.74. The molecule has 104 valence electrons. The van der Waals surface area contributed by atoms with Crippen molar-refractivity contribution in [3.63, 3.8) is 0 Å². The van der Waals surface area contributed by atoms with E-state index < -0.39 is 0 Å². The molecule has 0 bridgehead atoms. The van der Waals surface area contributed by atoms with Crippen LogP contribution < -0.4 is 5.32 Å². The molecule has 0 radical (unpaired) electrons. The van der Waals surface area contributed by atoms with Crippen molar-refractivity contribution in [2.45, 2.75) is 38.3 Å². The zero-order valence-electron chi connectivity index (χ0n) is 11.6. The molecule has 1 heterocycles. The van der Waals surface area contributed by atoms with E-state index in [2.05, 4.69) is 10.3 Å². The second kappa shape index (κ2) is 5.71. The van der Waals surface area contributed by atoms with Crippen LogP contribution in [0.1, 0.15) is 35.7 Å². The van der Waals surface area contributed by atoms with Gasteiger partial charge in [-0.1, -0.05) is 18.2 Å². The lowest BCUT2D eigenvalue weighted by Crippen LogP contribution is -2.39. The van der Waals surface area contributed by atoms with E-state index in [1.54, 1.807) is 12.1 Å². The summed E-state index contributed by atoms with van der Waals surface area (Å²) in [7, 11) is 0. The summed E-state index contributed by atoms with van der Waals surface area (Å²) < 4.78 is 13.2. The Morgan fingerprint density at radius 3 is 2.75 bits per heavy atom. The van der Waals surface area contributed by atoms with Crippen LogP contribution in [0.2, 0.25) is 0 Å². The van der Waals surface area contributed by atoms with Crippen LogP contribution in [0.3, 0.4) is 0 Å². The van der Waals surface area contributed by atoms with Crippen molar-refractivity contribution in [2.75, 3.05) is 0 Å². The maximum atomic E-state index is 13.2. The van der Waals surface area contributed by atoms with Crippen molar-refractivity contribution in [1.29, 1.82) is 0 Å². The fraction of sp³-hybridized carbons (Fsp3) is 0.353. The van der Waals surface area contributed by atoms with Gasteiger partial charge in [-0.25, -0.2) is 4.39 Å². The summed E-state index contributed by atoms with van der Waals surface area (Å²) in [5, 5.41) is 3.52. The van der Waals surface area contributed by atoms with Crippen LogP contribution in [0.15, 0.2) is 42.5 Å². The van der Waals surface area contributed by atoms with Gasteiger partial charge >= 0.3 is 0 Å². The predicted octanol–water partition coefficient (Wildman–Crippen LogP) is 3.56. The van der Waals surface area contributed by atoms with Crippen molar-refractivity contribution in [3.05, 3.63) is 65.2 Å². The Morgan fingerprint density at radius 1 is 1.20 bits per heavy atom. The third-order valence-corrected chi connectivity index (χ3v) is 3.98. The third kappa shape index (κ3) is 3.05. The number of benzene rings is 1. The number of aryl methyl sites for hydroxylation is 1. The van der Waals surface area contributed by atoms with Gasteiger partial charge in [0.1, 0.15) is 5.82 Å². The van der Waals surface area contributed by atoms with Gasteiger partial charge in [0.05, 0.1) is 5.69 Å². The highest BCUT2D eigenvalue weighted by Gasteiger charge is 2.29. The van der Waals surface area contributed by atoms with Crippen LogP contribution in [-0.2, 0) is 6.54 Å². The van der Waals surface area contributed by atoms with Crippen molar-refractivity contribution in [2.24, 2.45) is 0 Å². The molecular weight excluding hydrogens is 251 g/mol. The first kappa shape index (κ1) is 13.3. The Bertz CT molecular complexity index is 588. The van der Waals surface area contributed by atoms with Gasteiger partial charge in [-0.15, -0.1) is 0 Å². The summed E-state index contributed by atoms with van der Waals surface area (Å²) in [6, 6.07) is 13.6. The van der Waals surface area contributed by atoms with Crippen LogP contribution in [0.25, 0.3) is 0 Å². The maximum Gasteiger partial charge on any atom is 0.123 e. The van der Waals surface area contributed by atoms with E-state index in [1.807, 2.05) is 31.2 Å². The van der Waals surface area contributed by atoms with Gasteiger partial charge in [0.25, 0.3) is 0 Å². The Kier molecular flexibility index (Phi) is 3.79. The van der Waals surface area contributed by atoms with E-state index in [9.17, 15) is 4.39 Å². The monoisotopic (exact) mass is 270 g/mol. The molecule has 0 saturated heterocycles. The third-order valence-electron chi connectivity index (χ3n) is 3.98. The van der Waals surface area contributed by atoms with Crippen molar-refractivity contribution in [3.8, 4) is 0 Å². The van der Waals surface area contributed by atoms with E-state index in [-0.39, 0.29) is 5.82 Å². The molecule has 0 spiro atoms. The molecule has 1 saturated carbocycles. The first-order valence-electron chi connectivity index (χ1n) is 7.12. The predicted molar refractivity (Wildman–Crippen MR) is 78.0 cm³/mol. The number of nitrogens with zero attached hydrogens (tertiary/aromatic N) is 1. The van der Waals surface area contributed by atoms with Crippen LogP contribution in [0, 0.1) is 12.7 Å². The maximum absolute atomic E-state index is 13.2. The van der Waals surface area contributed by atoms with E-state index in [4.69, 9.17) is 0 Å². The van der Waals surface area contributed by atoms with Crippen molar-refractivity contribution < 1.29 is 4.39 Å². The van der Waals surface area contributed by atoms with Gasteiger partial charge in [-0.2, -0.15) is 0 Å². The van der Waals surface area contributed by atoms with E-state index in [0.717, 1.165) is 36.3 Å². The van der Waals surface area contributed by atoms with Crippen LogP contribution in [-0.4, -0.2) is 11.0 Å². The molecule has 1 aliphatic carbocycles. The van der Waals surface area contributed by atoms with E-state index in [0.29, 0.717) is 12.0 Å². The van der Waals surface area contributed by atoms with Gasteiger partial charge < -0.3 is 5.32 Å². The molecule has 3 heteroatoms. The number of pyridine rings is 1. The molecule has 1 aromatic heterocycles. The van der Waals surface area contributed by atoms with Crippen LogP contribution in [0.5, 0.6) is 0 Å². The summed E-state index contributed by atoms with van der Waals surface area (Å²) in [5.41, 5.74) is 3.26. The largest absolute Gasteiger partial charge is 0.308 e. The fourth-order valence-electron chi connectivity index (χ4n) is 2.76. The molecule has 2 nitrogen and oxygen atoms in total. The first-order chi connectivity index (χ1) is 9.70. The lowest BCUT2D eigenvalue weighted by molar-refractivity contribution is 0.288. The minimum absolute atomic E-state index is 0.136. The molecule has 0 aliphatic heterocycles. The molecule has 1 fully saturated rings. The van der Waals surface area contributed by atoms with Gasteiger partial charge in [-0.05, 0) is 55.5 Å². The van der Waals surface area contributed by atoms with Crippen LogP contribution in [0.4, 0.5) is 4.39 Å².